The van der Waals surface area contributed by atoms with Gasteiger partial charge in [-0.15, -0.1) is 0 Å². The van der Waals surface area contributed by atoms with Gasteiger partial charge >= 0.3 is 0 Å². The number of carbonyl (C=O) groups excluding carboxylic acids is 1. The second-order valence-corrected chi connectivity index (χ2v) is 11.9. The van der Waals surface area contributed by atoms with Gasteiger partial charge in [-0.25, -0.2) is 12.7 Å². The molecule has 2 aliphatic rings. The van der Waals surface area contributed by atoms with Gasteiger partial charge in [0.05, 0.1) is 7.11 Å². The van der Waals surface area contributed by atoms with Crippen LogP contribution in [0, 0.1) is 6.92 Å². The Kier molecular flexibility index (Phi) is 6.71. The molecular weight excluding hydrogens is 472 g/mol. The van der Waals surface area contributed by atoms with Crippen LogP contribution in [0.4, 0.5) is 0 Å². The molecule has 9 nitrogen and oxygen atoms in total. The first-order valence-corrected chi connectivity index (χ1v) is 13.0. The van der Waals surface area contributed by atoms with Gasteiger partial charge in [-0.1, -0.05) is 30.3 Å². The van der Waals surface area contributed by atoms with E-state index in [0.717, 1.165) is 28.0 Å². The average molecular weight is 505 g/mol. The van der Waals surface area contributed by atoms with E-state index in [9.17, 15) is 28.5 Å². The molecule has 5 N–H and O–H groups in total. The van der Waals surface area contributed by atoms with E-state index in [1.54, 1.807) is 7.11 Å². The van der Waals surface area contributed by atoms with Crippen molar-refractivity contribution < 1.29 is 33.3 Å². The van der Waals surface area contributed by atoms with Crippen LogP contribution < -0.4 is 10.5 Å². The summed E-state index contributed by atoms with van der Waals surface area (Å²) >= 11 is 0. The number of benzene rings is 2. The summed E-state index contributed by atoms with van der Waals surface area (Å²) in [6.45, 7) is 2.37. The highest BCUT2D eigenvalue weighted by Crippen LogP contribution is 2.44. The maximum Gasteiger partial charge on any atom is 0.240 e. The molecule has 1 aliphatic carbocycles. The van der Waals surface area contributed by atoms with E-state index < -0.39 is 45.4 Å². The minimum atomic E-state index is -4.32. The van der Waals surface area contributed by atoms with E-state index in [4.69, 9.17) is 10.5 Å². The van der Waals surface area contributed by atoms with Crippen molar-refractivity contribution in [2.75, 3.05) is 20.2 Å². The van der Waals surface area contributed by atoms with Gasteiger partial charge in [-0.2, -0.15) is 0 Å². The van der Waals surface area contributed by atoms with Crippen molar-refractivity contribution in [1.82, 2.24) is 4.31 Å². The van der Waals surface area contributed by atoms with Crippen molar-refractivity contribution in [2.45, 2.75) is 55.2 Å². The van der Waals surface area contributed by atoms with Crippen LogP contribution in [0.3, 0.4) is 0 Å². The number of carbonyl (C=O) groups is 1. The number of hydrogen-bond donors (Lipinski definition) is 4. The monoisotopic (exact) mass is 504 g/mol. The van der Waals surface area contributed by atoms with Crippen molar-refractivity contribution in [1.29, 1.82) is 0 Å². The Hall–Kier alpha value is -2.50. The molecular formula is C25H32N2O7S. The Labute approximate surface area is 205 Å². The van der Waals surface area contributed by atoms with E-state index in [1.807, 2.05) is 31.2 Å². The summed E-state index contributed by atoms with van der Waals surface area (Å²) in [6, 6.07) is 14.1. The predicted molar refractivity (Wildman–Crippen MR) is 130 cm³/mol. The van der Waals surface area contributed by atoms with Crippen LogP contribution >= 0.6 is 0 Å². The maximum absolute atomic E-state index is 13.4. The molecule has 4 rings (SSSR count). The van der Waals surface area contributed by atoms with E-state index in [1.165, 1.54) is 4.31 Å². The largest absolute Gasteiger partial charge is 0.497 e. The Morgan fingerprint density at radius 3 is 2.37 bits per heavy atom. The number of nitrogens with zero attached hydrogens (tertiary/aromatic N) is 1. The molecule has 190 valence electrons. The quantitative estimate of drug-likeness (QED) is 0.432. The lowest BCUT2D eigenvalue weighted by Crippen LogP contribution is -2.57. The molecule has 2 aromatic carbocycles. The van der Waals surface area contributed by atoms with Crippen LogP contribution in [0.2, 0.25) is 0 Å². The Bertz CT molecular complexity index is 1220. The molecule has 1 saturated heterocycles. The molecule has 0 spiro atoms. The van der Waals surface area contributed by atoms with Crippen molar-refractivity contribution in [2.24, 2.45) is 5.73 Å². The summed E-state index contributed by atoms with van der Waals surface area (Å²) in [4.78, 5) is 12.2. The van der Waals surface area contributed by atoms with Crippen LogP contribution in [0.1, 0.15) is 42.7 Å². The molecule has 2 aromatic rings. The first-order chi connectivity index (χ1) is 16.4. The molecule has 1 amide bonds. The van der Waals surface area contributed by atoms with Gasteiger partial charge in [-0.05, 0) is 60.1 Å². The molecule has 2 fully saturated rings. The van der Waals surface area contributed by atoms with Crippen LogP contribution in [0.15, 0.2) is 42.5 Å². The molecule has 0 radical (unpaired) electrons. The minimum absolute atomic E-state index is 0.132. The fourth-order valence-electron chi connectivity index (χ4n) is 5.33. The first kappa shape index (κ1) is 25.6. The molecule has 1 saturated carbocycles. The number of aliphatic hydroxyl groups excluding tert-OH is 1. The molecule has 0 aromatic heterocycles. The Morgan fingerprint density at radius 1 is 1.14 bits per heavy atom. The number of aryl methyl sites for hydroxylation is 1. The highest BCUT2D eigenvalue weighted by atomic mass is 32.2. The minimum Gasteiger partial charge on any atom is -0.497 e. The average Bonchev–Trinajstić information content (AvgIpc) is 3.09. The Morgan fingerprint density at radius 2 is 1.83 bits per heavy atom. The zero-order valence-electron chi connectivity index (χ0n) is 19.8. The molecule has 35 heavy (non-hydrogen) atoms. The summed E-state index contributed by atoms with van der Waals surface area (Å²) < 4.78 is 31.1. The van der Waals surface area contributed by atoms with Gasteiger partial charge in [0.15, 0.2) is 10.5 Å². The van der Waals surface area contributed by atoms with Gasteiger partial charge in [0.25, 0.3) is 0 Å². The van der Waals surface area contributed by atoms with Crippen LogP contribution in [0.5, 0.6) is 5.75 Å². The third kappa shape index (κ3) is 4.45. The van der Waals surface area contributed by atoms with Gasteiger partial charge < -0.3 is 25.8 Å². The number of sulfonamides is 1. The summed E-state index contributed by atoms with van der Waals surface area (Å²) in [7, 11) is -2.69. The van der Waals surface area contributed by atoms with Crippen molar-refractivity contribution in [3.8, 4) is 16.9 Å². The topological polar surface area (TPSA) is 150 Å². The second-order valence-electron chi connectivity index (χ2n) is 9.62. The fraction of sp³-hybridized carbons (Fsp3) is 0.480. The lowest BCUT2D eigenvalue weighted by Gasteiger charge is -2.37. The van der Waals surface area contributed by atoms with Crippen molar-refractivity contribution in [3.05, 3.63) is 53.6 Å². The summed E-state index contributed by atoms with van der Waals surface area (Å²) in [5.41, 5.74) is 9.78. The standard InChI is InChI=1S/C25H32N2O7S/c1-16-12-18(6-7-21(16)19-4-3-5-20(13-19)34-2)17-8-10-27(11-9-17)35(32,33)24(23(26)29)14-22(28)25(30,31)15-24/h3-7,12-13,17,22,28,30-31H,8-11,14-15H2,1-2H3,(H2,26,29). The molecule has 2 unspecified atom stereocenters. The molecule has 1 aliphatic heterocycles. The lowest BCUT2D eigenvalue weighted by molar-refractivity contribution is -0.208. The van der Waals surface area contributed by atoms with Gasteiger partial charge in [-0.3, -0.25) is 4.79 Å². The number of amides is 1. The zero-order chi connectivity index (χ0) is 25.6. The molecule has 2 atom stereocenters. The summed E-state index contributed by atoms with van der Waals surface area (Å²) in [6.07, 6.45) is -2.21. The third-order valence-electron chi connectivity index (χ3n) is 7.44. The van der Waals surface area contributed by atoms with Crippen LogP contribution in [0.25, 0.3) is 11.1 Å². The smallest absolute Gasteiger partial charge is 0.240 e. The number of methoxy groups -OCH3 is 1. The summed E-state index contributed by atoms with van der Waals surface area (Å²) in [5.74, 6) is -2.97. The van der Waals surface area contributed by atoms with Gasteiger partial charge in [0.2, 0.25) is 15.9 Å². The maximum atomic E-state index is 13.4. The lowest BCUT2D eigenvalue weighted by atomic mass is 9.87. The Balaban J connectivity index is 1.50. The van der Waals surface area contributed by atoms with Crippen molar-refractivity contribution >= 4 is 15.9 Å². The van der Waals surface area contributed by atoms with Crippen molar-refractivity contribution in [3.63, 3.8) is 0 Å². The molecule has 1 heterocycles. The van der Waals surface area contributed by atoms with E-state index in [2.05, 4.69) is 18.2 Å². The van der Waals surface area contributed by atoms with Gasteiger partial charge in [0, 0.05) is 25.9 Å². The fourth-order valence-corrected chi connectivity index (χ4v) is 7.53. The second kappa shape index (κ2) is 9.18. The van der Waals surface area contributed by atoms with Crippen LogP contribution in [-0.4, -0.2) is 70.8 Å². The number of aliphatic hydroxyl groups is 3. The number of rotatable bonds is 6. The summed E-state index contributed by atoms with van der Waals surface area (Å²) in [5, 5.41) is 29.9. The van der Waals surface area contributed by atoms with E-state index in [0.29, 0.717) is 12.8 Å². The predicted octanol–water partition coefficient (Wildman–Crippen LogP) is 1.24. The first-order valence-electron chi connectivity index (χ1n) is 11.6. The van der Waals surface area contributed by atoms with E-state index in [-0.39, 0.29) is 19.0 Å². The number of nitrogens with two attached hydrogens (primary N) is 1. The zero-order valence-corrected chi connectivity index (χ0v) is 20.7. The van der Waals surface area contributed by atoms with Gasteiger partial charge in [0.1, 0.15) is 11.9 Å². The van der Waals surface area contributed by atoms with E-state index >= 15 is 0 Å². The number of piperidine rings is 1. The number of primary amides is 1. The molecule has 0 bridgehead atoms. The number of ether oxygens (including phenoxy) is 1. The normalized spacial score (nSPS) is 25.5. The third-order valence-corrected chi connectivity index (χ3v) is 9.99. The highest BCUT2D eigenvalue weighted by Gasteiger charge is 2.64. The number of hydrogen-bond acceptors (Lipinski definition) is 7. The SMILES string of the molecule is COc1cccc(-c2ccc(C3CCN(S(=O)(=O)C4(C(N)=O)CC(O)C(O)(O)C4)CC3)cc2C)c1. The van der Waals surface area contributed by atoms with Crippen LogP contribution in [-0.2, 0) is 14.8 Å². The molecule has 10 heteroatoms. The highest BCUT2D eigenvalue weighted by molar-refractivity contribution is 7.91.